The molecule has 0 bridgehead atoms. The molecule has 0 saturated carbocycles. The van der Waals surface area contributed by atoms with Crippen molar-refractivity contribution in [1.29, 1.82) is 0 Å². The Morgan fingerprint density at radius 3 is 2.47 bits per heavy atom. The fraction of sp³-hybridized carbons (Fsp3) is 0.273. The molecule has 1 aromatic carbocycles. The van der Waals surface area contributed by atoms with Gasteiger partial charge < -0.3 is 19.9 Å². The Labute approximate surface area is 175 Å². The Hall–Kier alpha value is -3.68. The van der Waals surface area contributed by atoms with E-state index in [1.807, 2.05) is 59.5 Å². The van der Waals surface area contributed by atoms with Gasteiger partial charge in [-0.05, 0) is 43.3 Å². The van der Waals surface area contributed by atoms with Gasteiger partial charge in [-0.2, -0.15) is 0 Å². The van der Waals surface area contributed by atoms with Gasteiger partial charge in [-0.3, -0.25) is 9.78 Å². The SMILES string of the molecule is CC(Oc1ccccc1)C(=O)N1CCN(c2ccc(Nc3cccnc3)nn2)CC1. The van der Waals surface area contributed by atoms with Gasteiger partial charge in [0.1, 0.15) is 5.75 Å². The molecule has 3 aromatic rings. The monoisotopic (exact) mass is 404 g/mol. The number of carbonyl (C=O) groups is 1. The lowest BCUT2D eigenvalue weighted by Gasteiger charge is -2.36. The quantitative estimate of drug-likeness (QED) is 0.676. The van der Waals surface area contributed by atoms with Gasteiger partial charge >= 0.3 is 0 Å². The molecule has 8 nitrogen and oxygen atoms in total. The lowest BCUT2D eigenvalue weighted by Crippen LogP contribution is -2.52. The first kappa shape index (κ1) is 19.6. The predicted octanol–water partition coefficient (Wildman–Crippen LogP) is 2.73. The number of amides is 1. The highest BCUT2D eigenvalue weighted by molar-refractivity contribution is 5.81. The number of hydrogen-bond donors (Lipinski definition) is 1. The van der Waals surface area contributed by atoms with Crippen molar-refractivity contribution in [3.05, 3.63) is 67.0 Å². The van der Waals surface area contributed by atoms with Gasteiger partial charge in [0.2, 0.25) is 0 Å². The molecule has 0 spiro atoms. The average Bonchev–Trinajstić information content (AvgIpc) is 2.80. The molecule has 154 valence electrons. The summed E-state index contributed by atoms with van der Waals surface area (Å²) < 4.78 is 5.76. The van der Waals surface area contributed by atoms with Crippen molar-refractivity contribution in [2.75, 3.05) is 36.4 Å². The zero-order chi connectivity index (χ0) is 20.8. The number of benzene rings is 1. The number of ether oxygens (including phenoxy) is 1. The normalized spacial score (nSPS) is 14.8. The zero-order valence-electron chi connectivity index (χ0n) is 16.8. The summed E-state index contributed by atoms with van der Waals surface area (Å²) >= 11 is 0. The molecule has 8 heteroatoms. The molecule has 1 aliphatic rings. The molecule has 1 saturated heterocycles. The number of rotatable bonds is 6. The predicted molar refractivity (Wildman–Crippen MR) is 115 cm³/mol. The third-order valence-electron chi connectivity index (χ3n) is 4.90. The van der Waals surface area contributed by atoms with Gasteiger partial charge in [0, 0.05) is 32.4 Å². The fourth-order valence-electron chi connectivity index (χ4n) is 3.31. The number of nitrogens with zero attached hydrogens (tertiary/aromatic N) is 5. The second kappa shape index (κ2) is 9.21. The van der Waals surface area contributed by atoms with Crippen LogP contribution in [0.5, 0.6) is 5.75 Å². The van der Waals surface area contributed by atoms with Crippen LogP contribution in [0.15, 0.2) is 67.0 Å². The number of piperazine rings is 1. The molecule has 1 amide bonds. The van der Waals surface area contributed by atoms with Gasteiger partial charge in [0.15, 0.2) is 17.7 Å². The van der Waals surface area contributed by atoms with Crippen LogP contribution >= 0.6 is 0 Å². The summed E-state index contributed by atoms with van der Waals surface area (Å²) in [6.45, 7) is 4.44. The molecule has 1 atom stereocenters. The van der Waals surface area contributed by atoms with Crippen LogP contribution in [0.1, 0.15) is 6.92 Å². The van der Waals surface area contributed by atoms with Crippen LogP contribution in [-0.2, 0) is 4.79 Å². The Morgan fingerprint density at radius 1 is 1.00 bits per heavy atom. The van der Waals surface area contributed by atoms with E-state index in [-0.39, 0.29) is 5.91 Å². The Bertz CT molecular complexity index is 944. The van der Waals surface area contributed by atoms with Gasteiger partial charge in [-0.25, -0.2) is 0 Å². The minimum atomic E-state index is -0.517. The molecular weight excluding hydrogens is 380 g/mol. The van der Waals surface area contributed by atoms with Gasteiger partial charge in [0.05, 0.1) is 11.9 Å². The van der Waals surface area contributed by atoms with E-state index < -0.39 is 6.10 Å². The summed E-state index contributed by atoms with van der Waals surface area (Å²) in [6, 6.07) is 17.0. The number of anilines is 3. The topological polar surface area (TPSA) is 83.5 Å². The summed E-state index contributed by atoms with van der Waals surface area (Å²) in [5.74, 6) is 2.16. The van der Waals surface area contributed by atoms with Crippen LogP contribution < -0.4 is 15.0 Å². The van der Waals surface area contributed by atoms with E-state index in [0.29, 0.717) is 37.7 Å². The Morgan fingerprint density at radius 2 is 1.80 bits per heavy atom. The molecule has 2 aromatic heterocycles. The largest absolute Gasteiger partial charge is 0.481 e. The maximum Gasteiger partial charge on any atom is 0.263 e. The van der Waals surface area contributed by atoms with E-state index in [1.165, 1.54) is 0 Å². The summed E-state index contributed by atoms with van der Waals surface area (Å²) in [6.07, 6.45) is 2.93. The van der Waals surface area contributed by atoms with Crippen molar-refractivity contribution in [1.82, 2.24) is 20.1 Å². The number of carbonyl (C=O) groups excluding carboxylic acids is 1. The van der Waals surface area contributed by atoms with Crippen molar-refractivity contribution in [2.45, 2.75) is 13.0 Å². The van der Waals surface area contributed by atoms with Crippen molar-refractivity contribution in [2.24, 2.45) is 0 Å². The molecule has 4 rings (SSSR count). The van der Waals surface area contributed by atoms with E-state index in [9.17, 15) is 4.79 Å². The molecular formula is C22H24N6O2. The van der Waals surface area contributed by atoms with E-state index >= 15 is 0 Å². The number of hydrogen-bond acceptors (Lipinski definition) is 7. The molecule has 1 fully saturated rings. The number of pyridine rings is 1. The first-order chi connectivity index (χ1) is 14.7. The maximum atomic E-state index is 12.7. The highest BCUT2D eigenvalue weighted by atomic mass is 16.5. The maximum absolute atomic E-state index is 12.7. The van der Waals surface area contributed by atoms with Gasteiger partial charge in [0.25, 0.3) is 5.91 Å². The first-order valence-electron chi connectivity index (χ1n) is 9.95. The summed E-state index contributed by atoms with van der Waals surface area (Å²) in [5, 5.41) is 11.7. The van der Waals surface area contributed by atoms with Crippen molar-refractivity contribution in [3.63, 3.8) is 0 Å². The smallest absolute Gasteiger partial charge is 0.263 e. The van der Waals surface area contributed by atoms with Crippen LogP contribution in [0.25, 0.3) is 0 Å². The molecule has 1 N–H and O–H groups in total. The summed E-state index contributed by atoms with van der Waals surface area (Å²) in [4.78, 5) is 20.7. The molecule has 3 heterocycles. The van der Waals surface area contributed by atoms with Crippen LogP contribution in [0.2, 0.25) is 0 Å². The van der Waals surface area contributed by atoms with E-state index in [1.54, 1.807) is 19.3 Å². The molecule has 1 aliphatic heterocycles. The van der Waals surface area contributed by atoms with E-state index in [4.69, 9.17) is 4.74 Å². The fourth-order valence-corrected chi connectivity index (χ4v) is 3.31. The van der Waals surface area contributed by atoms with Crippen LogP contribution in [-0.4, -0.2) is 58.3 Å². The van der Waals surface area contributed by atoms with Crippen LogP contribution in [0.4, 0.5) is 17.3 Å². The Kier molecular flexibility index (Phi) is 6.03. The standard InChI is InChI=1S/C22H24N6O2/c1-17(30-19-7-3-2-4-8-19)22(29)28-14-12-27(13-15-28)21-10-9-20(25-26-21)24-18-6-5-11-23-16-18/h2-11,16-17H,12-15H2,1H3,(H,24,25). The minimum absolute atomic E-state index is 0.000561. The third kappa shape index (κ3) is 4.83. The molecule has 1 unspecified atom stereocenters. The minimum Gasteiger partial charge on any atom is -0.481 e. The summed E-state index contributed by atoms with van der Waals surface area (Å²) in [7, 11) is 0. The average molecular weight is 404 g/mol. The lowest BCUT2D eigenvalue weighted by atomic mass is 10.2. The number of para-hydroxylation sites is 1. The van der Waals surface area contributed by atoms with Gasteiger partial charge in [-0.1, -0.05) is 18.2 Å². The lowest BCUT2D eigenvalue weighted by molar-refractivity contribution is -0.138. The number of aromatic nitrogens is 3. The summed E-state index contributed by atoms with van der Waals surface area (Å²) in [5.41, 5.74) is 0.860. The van der Waals surface area contributed by atoms with E-state index in [0.717, 1.165) is 11.5 Å². The molecule has 0 radical (unpaired) electrons. The van der Waals surface area contributed by atoms with E-state index in [2.05, 4.69) is 25.4 Å². The van der Waals surface area contributed by atoms with Crippen LogP contribution in [0, 0.1) is 0 Å². The second-order valence-electron chi connectivity index (χ2n) is 7.03. The third-order valence-corrected chi connectivity index (χ3v) is 4.90. The number of nitrogens with one attached hydrogen (secondary N) is 1. The van der Waals surface area contributed by atoms with Crippen LogP contribution in [0.3, 0.4) is 0 Å². The highest BCUT2D eigenvalue weighted by Gasteiger charge is 2.26. The highest BCUT2D eigenvalue weighted by Crippen LogP contribution is 2.18. The molecule has 30 heavy (non-hydrogen) atoms. The van der Waals surface area contributed by atoms with Crippen molar-refractivity contribution < 1.29 is 9.53 Å². The van der Waals surface area contributed by atoms with Crippen molar-refractivity contribution >= 4 is 23.2 Å². The molecule has 0 aliphatic carbocycles. The van der Waals surface area contributed by atoms with Gasteiger partial charge in [-0.15, -0.1) is 10.2 Å². The Balaban J connectivity index is 1.29. The zero-order valence-corrected chi connectivity index (χ0v) is 16.8. The first-order valence-corrected chi connectivity index (χ1v) is 9.95. The second-order valence-corrected chi connectivity index (χ2v) is 7.03. The van der Waals surface area contributed by atoms with Crippen molar-refractivity contribution in [3.8, 4) is 5.75 Å².